The molecule has 4 heteroatoms. The van der Waals surface area contributed by atoms with Crippen molar-refractivity contribution in [2.45, 2.75) is 19.4 Å². The Morgan fingerprint density at radius 2 is 1.92 bits per heavy atom. The zero-order chi connectivity index (χ0) is 17.8. The Labute approximate surface area is 150 Å². The van der Waals surface area contributed by atoms with Crippen molar-refractivity contribution in [1.82, 2.24) is 9.80 Å². The largest absolute Gasteiger partial charge is 0.369 e. The van der Waals surface area contributed by atoms with Gasteiger partial charge in [-0.2, -0.15) is 0 Å². The molecule has 0 bridgehead atoms. The molecule has 1 saturated heterocycles. The molecular weight excluding hydrogens is 310 g/mol. The standard InChI is InChI=1S/C21H27N3O/c1-16-8-9-19(18(12-16)13-17-6-4-3-5-7-17)20-14-23(2)10-11-24(20)15-21(22)25/h3-9,12,20H,10-11,13-15H2,1-2H3,(H2,22,25). The van der Waals surface area contributed by atoms with Gasteiger partial charge in [-0.05, 0) is 37.1 Å². The zero-order valence-electron chi connectivity index (χ0n) is 15.1. The minimum Gasteiger partial charge on any atom is -0.369 e. The lowest BCUT2D eigenvalue weighted by molar-refractivity contribution is -0.120. The Morgan fingerprint density at radius 3 is 2.64 bits per heavy atom. The lowest BCUT2D eigenvalue weighted by Gasteiger charge is -2.40. The van der Waals surface area contributed by atoms with Crippen molar-refractivity contribution in [2.75, 3.05) is 33.2 Å². The number of nitrogens with two attached hydrogens (primary N) is 1. The van der Waals surface area contributed by atoms with Crippen LogP contribution in [0.1, 0.15) is 28.3 Å². The lowest BCUT2D eigenvalue weighted by atomic mass is 9.91. The summed E-state index contributed by atoms with van der Waals surface area (Å²) in [5.74, 6) is -0.258. The van der Waals surface area contributed by atoms with Gasteiger partial charge in [-0.15, -0.1) is 0 Å². The van der Waals surface area contributed by atoms with Crippen LogP contribution in [0.3, 0.4) is 0 Å². The quantitative estimate of drug-likeness (QED) is 0.911. The summed E-state index contributed by atoms with van der Waals surface area (Å²) in [6.07, 6.45) is 0.905. The van der Waals surface area contributed by atoms with Crippen LogP contribution in [0.4, 0.5) is 0 Å². The van der Waals surface area contributed by atoms with Gasteiger partial charge in [-0.3, -0.25) is 9.69 Å². The SMILES string of the molecule is Cc1ccc(C2CN(C)CCN2CC(N)=O)c(Cc2ccccc2)c1. The molecule has 1 aliphatic rings. The molecule has 1 aliphatic heterocycles. The topological polar surface area (TPSA) is 49.6 Å². The second kappa shape index (κ2) is 7.81. The van der Waals surface area contributed by atoms with E-state index in [-0.39, 0.29) is 11.9 Å². The highest BCUT2D eigenvalue weighted by molar-refractivity contribution is 5.76. The second-order valence-electron chi connectivity index (χ2n) is 7.08. The fourth-order valence-corrected chi connectivity index (χ4v) is 3.67. The van der Waals surface area contributed by atoms with Gasteiger partial charge in [0.2, 0.25) is 5.91 Å². The number of carbonyl (C=O) groups is 1. The van der Waals surface area contributed by atoms with Crippen molar-refractivity contribution < 1.29 is 4.79 Å². The monoisotopic (exact) mass is 337 g/mol. The fourth-order valence-electron chi connectivity index (χ4n) is 3.67. The van der Waals surface area contributed by atoms with Crippen LogP contribution in [0, 0.1) is 6.92 Å². The van der Waals surface area contributed by atoms with Gasteiger partial charge in [0.25, 0.3) is 0 Å². The molecule has 0 saturated carbocycles. The van der Waals surface area contributed by atoms with Crippen molar-refractivity contribution in [2.24, 2.45) is 5.73 Å². The molecule has 25 heavy (non-hydrogen) atoms. The molecule has 0 radical (unpaired) electrons. The first kappa shape index (κ1) is 17.6. The maximum Gasteiger partial charge on any atom is 0.231 e. The van der Waals surface area contributed by atoms with E-state index in [4.69, 9.17) is 5.73 Å². The number of piperazine rings is 1. The summed E-state index contributed by atoms with van der Waals surface area (Å²) in [5.41, 5.74) is 10.7. The van der Waals surface area contributed by atoms with Crippen LogP contribution in [0.25, 0.3) is 0 Å². The number of primary amides is 1. The second-order valence-corrected chi connectivity index (χ2v) is 7.08. The van der Waals surface area contributed by atoms with Gasteiger partial charge < -0.3 is 10.6 Å². The molecule has 1 amide bonds. The van der Waals surface area contributed by atoms with Crippen molar-refractivity contribution >= 4 is 5.91 Å². The lowest BCUT2D eigenvalue weighted by Crippen LogP contribution is -2.49. The molecule has 2 aromatic rings. The van der Waals surface area contributed by atoms with Crippen LogP contribution in [-0.4, -0.2) is 48.9 Å². The molecule has 0 spiro atoms. The zero-order valence-corrected chi connectivity index (χ0v) is 15.1. The number of benzene rings is 2. The highest BCUT2D eigenvalue weighted by atomic mass is 16.1. The Morgan fingerprint density at radius 1 is 1.16 bits per heavy atom. The van der Waals surface area contributed by atoms with E-state index in [2.05, 4.69) is 66.2 Å². The Kier molecular flexibility index (Phi) is 5.51. The van der Waals surface area contributed by atoms with Crippen LogP contribution >= 0.6 is 0 Å². The van der Waals surface area contributed by atoms with E-state index >= 15 is 0 Å². The number of amides is 1. The molecule has 2 aromatic carbocycles. The van der Waals surface area contributed by atoms with Gasteiger partial charge in [0.05, 0.1) is 6.54 Å². The van der Waals surface area contributed by atoms with Gasteiger partial charge in [0.1, 0.15) is 0 Å². The summed E-state index contributed by atoms with van der Waals surface area (Å²) in [7, 11) is 2.14. The average Bonchev–Trinajstić information content (AvgIpc) is 2.57. The highest BCUT2D eigenvalue weighted by Gasteiger charge is 2.29. The summed E-state index contributed by atoms with van der Waals surface area (Å²) in [4.78, 5) is 16.1. The highest BCUT2D eigenvalue weighted by Crippen LogP contribution is 2.29. The van der Waals surface area contributed by atoms with Crippen molar-refractivity contribution in [1.29, 1.82) is 0 Å². The average molecular weight is 337 g/mol. The smallest absolute Gasteiger partial charge is 0.231 e. The molecule has 0 aliphatic carbocycles. The number of aryl methyl sites for hydroxylation is 1. The number of likely N-dealkylation sites (N-methyl/N-ethyl adjacent to an activating group) is 1. The first-order valence-electron chi connectivity index (χ1n) is 8.87. The maximum absolute atomic E-state index is 11.5. The fraction of sp³-hybridized carbons (Fsp3) is 0.381. The minimum atomic E-state index is -0.258. The number of nitrogens with zero attached hydrogens (tertiary/aromatic N) is 2. The third-order valence-electron chi connectivity index (χ3n) is 4.95. The van der Waals surface area contributed by atoms with Crippen molar-refractivity contribution in [3.63, 3.8) is 0 Å². The predicted molar refractivity (Wildman–Crippen MR) is 101 cm³/mol. The third kappa shape index (κ3) is 4.47. The van der Waals surface area contributed by atoms with E-state index in [0.717, 1.165) is 26.1 Å². The number of rotatable bonds is 5. The van der Waals surface area contributed by atoms with Crippen LogP contribution in [0.2, 0.25) is 0 Å². The van der Waals surface area contributed by atoms with Gasteiger partial charge in [-0.1, -0.05) is 54.1 Å². The molecule has 4 nitrogen and oxygen atoms in total. The number of hydrogen-bond acceptors (Lipinski definition) is 3. The minimum absolute atomic E-state index is 0.200. The van der Waals surface area contributed by atoms with Gasteiger partial charge >= 0.3 is 0 Å². The van der Waals surface area contributed by atoms with Crippen LogP contribution in [-0.2, 0) is 11.2 Å². The summed E-state index contributed by atoms with van der Waals surface area (Å²) in [5, 5.41) is 0. The molecule has 0 aromatic heterocycles. The van der Waals surface area contributed by atoms with E-state index in [1.165, 1.54) is 22.3 Å². The molecular formula is C21H27N3O. The summed E-state index contributed by atoms with van der Waals surface area (Å²) >= 11 is 0. The molecule has 1 atom stereocenters. The number of hydrogen-bond donors (Lipinski definition) is 1. The molecule has 1 heterocycles. The predicted octanol–water partition coefficient (Wildman–Crippen LogP) is 2.36. The Balaban J connectivity index is 1.94. The van der Waals surface area contributed by atoms with Gasteiger partial charge in [0, 0.05) is 25.7 Å². The summed E-state index contributed by atoms with van der Waals surface area (Å²) in [6, 6.07) is 17.4. The van der Waals surface area contributed by atoms with E-state index in [0.29, 0.717) is 6.54 Å². The van der Waals surface area contributed by atoms with Crippen LogP contribution < -0.4 is 5.73 Å². The Bertz CT molecular complexity index is 729. The van der Waals surface area contributed by atoms with Crippen LogP contribution in [0.5, 0.6) is 0 Å². The van der Waals surface area contributed by atoms with Gasteiger partial charge in [-0.25, -0.2) is 0 Å². The molecule has 2 N–H and O–H groups in total. The molecule has 1 unspecified atom stereocenters. The van der Waals surface area contributed by atoms with E-state index in [1.54, 1.807) is 0 Å². The molecule has 132 valence electrons. The third-order valence-corrected chi connectivity index (χ3v) is 4.95. The first-order valence-corrected chi connectivity index (χ1v) is 8.87. The normalized spacial score (nSPS) is 19.0. The van der Waals surface area contributed by atoms with Crippen molar-refractivity contribution in [3.8, 4) is 0 Å². The van der Waals surface area contributed by atoms with E-state index in [9.17, 15) is 4.79 Å². The summed E-state index contributed by atoms with van der Waals surface area (Å²) in [6.45, 7) is 5.19. The first-order chi connectivity index (χ1) is 12.0. The molecule has 3 rings (SSSR count). The van der Waals surface area contributed by atoms with E-state index in [1.807, 2.05) is 6.07 Å². The van der Waals surface area contributed by atoms with Crippen molar-refractivity contribution in [3.05, 3.63) is 70.8 Å². The van der Waals surface area contributed by atoms with Crippen LogP contribution in [0.15, 0.2) is 48.5 Å². The number of carbonyl (C=O) groups excluding carboxylic acids is 1. The summed E-state index contributed by atoms with van der Waals surface area (Å²) < 4.78 is 0. The molecule has 1 fully saturated rings. The maximum atomic E-state index is 11.5. The Hall–Kier alpha value is -2.17. The van der Waals surface area contributed by atoms with E-state index < -0.39 is 0 Å². The van der Waals surface area contributed by atoms with Gasteiger partial charge in [0.15, 0.2) is 0 Å².